The average molecular weight is 199 g/mol. The molecule has 0 spiro atoms. The van der Waals surface area contributed by atoms with Crippen molar-refractivity contribution in [2.75, 3.05) is 5.88 Å². The summed E-state index contributed by atoms with van der Waals surface area (Å²) in [6.07, 6.45) is -6.51. The van der Waals surface area contributed by atoms with E-state index in [1.54, 1.807) is 0 Å². The van der Waals surface area contributed by atoms with E-state index < -0.39 is 30.7 Å². The predicted molar refractivity (Wildman–Crippen MR) is 39.6 cm³/mol. The molecule has 1 saturated heterocycles. The van der Waals surface area contributed by atoms with Gasteiger partial charge < -0.3 is 25.2 Å². The predicted octanol–water partition coefficient (Wildman–Crippen LogP) is -1.97. The van der Waals surface area contributed by atoms with Gasteiger partial charge in [0.25, 0.3) is 0 Å². The summed E-state index contributed by atoms with van der Waals surface area (Å²) >= 11 is 5.36. The molecule has 6 heteroatoms. The van der Waals surface area contributed by atoms with Crippen molar-refractivity contribution >= 4 is 11.6 Å². The van der Waals surface area contributed by atoms with E-state index in [2.05, 4.69) is 0 Å². The standard InChI is InChI=1S/C6H11ClO5/c7-1-2-3(8)4(9)5(10)6(11)12-2/h2-6,8-11H,1H2/t2-,3+,4+,5+,6+/m0/s1. The Labute approximate surface area is 74.2 Å². The quantitative estimate of drug-likeness (QED) is 0.367. The van der Waals surface area contributed by atoms with Crippen molar-refractivity contribution in [3.8, 4) is 0 Å². The van der Waals surface area contributed by atoms with Crippen LogP contribution in [-0.2, 0) is 4.74 Å². The van der Waals surface area contributed by atoms with E-state index in [4.69, 9.17) is 31.7 Å². The van der Waals surface area contributed by atoms with Crippen molar-refractivity contribution < 1.29 is 25.2 Å². The summed E-state index contributed by atoms with van der Waals surface area (Å²) in [7, 11) is 0. The van der Waals surface area contributed by atoms with E-state index in [-0.39, 0.29) is 5.88 Å². The Morgan fingerprint density at radius 1 is 1.00 bits per heavy atom. The van der Waals surface area contributed by atoms with Crippen LogP contribution in [0.2, 0.25) is 0 Å². The molecule has 0 aromatic heterocycles. The molecule has 0 saturated carbocycles. The normalized spacial score (nSPS) is 49.2. The molecule has 1 heterocycles. The molecule has 0 aromatic rings. The van der Waals surface area contributed by atoms with Crippen molar-refractivity contribution in [1.82, 2.24) is 0 Å². The van der Waals surface area contributed by atoms with Crippen LogP contribution in [-0.4, -0.2) is 57.0 Å². The molecule has 1 rings (SSSR count). The summed E-state index contributed by atoms with van der Waals surface area (Å²) < 4.78 is 4.69. The molecule has 1 aliphatic rings. The molecule has 0 aromatic carbocycles. The van der Waals surface area contributed by atoms with Crippen LogP contribution in [0.5, 0.6) is 0 Å². The Bertz CT molecular complexity index is 150. The van der Waals surface area contributed by atoms with Gasteiger partial charge in [-0.05, 0) is 0 Å². The lowest BCUT2D eigenvalue weighted by Crippen LogP contribution is -2.57. The van der Waals surface area contributed by atoms with Crippen molar-refractivity contribution in [3.05, 3.63) is 0 Å². The minimum Gasteiger partial charge on any atom is -0.388 e. The number of rotatable bonds is 1. The molecule has 0 unspecified atom stereocenters. The van der Waals surface area contributed by atoms with Gasteiger partial charge >= 0.3 is 0 Å². The van der Waals surface area contributed by atoms with Crippen molar-refractivity contribution in [3.63, 3.8) is 0 Å². The van der Waals surface area contributed by atoms with Crippen molar-refractivity contribution in [2.45, 2.75) is 30.7 Å². The maximum atomic E-state index is 9.20. The van der Waals surface area contributed by atoms with Gasteiger partial charge in [0.2, 0.25) is 0 Å². The van der Waals surface area contributed by atoms with E-state index in [1.807, 2.05) is 0 Å². The van der Waals surface area contributed by atoms with E-state index in [0.717, 1.165) is 0 Å². The summed E-state index contributed by atoms with van der Waals surface area (Å²) in [5, 5.41) is 36.3. The van der Waals surface area contributed by atoms with E-state index in [9.17, 15) is 5.11 Å². The maximum absolute atomic E-state index is 9.20. The van der Waals surface area contributed by atoms with Gasteiger partial charge in [0.05, 0.1) is 5.88 Å². The summed E-state index contributed by atoms with van der Waals surface area (Å²) in [5.41, 5.74) is 0. The molecule has 1 fully saturated rings. The van der Waals surface area contributed by atoms with Crippen LogP contribution >= 0.6 is 11.6 Å². The van der Waals surface area contributed by atoms with E-state index in [1.165, 1.54) is 0 Å². The second kappa shape index (κ2) is 3.87. The van der Waals surface area contributed by atoms with Gasteiger partial charge in [-0.15, -0.1) is 11.6 Å². The molecule has 1 aliphatic heterocycles. The van der Waals surface area contributed by atoms with Gasteiger partial charge in [0.15, 0.2) is 6.29 Å². The number of aliphatic hydroxyl groups excluding tert-OH is 4. The highest BCUT2D eigenvalue weighted by molar-refractivity contribution is 6.18. The summed E-state index contributed by atoms with van der Waals surface area (Å²) in [6.45, 7) is 0. The Kier molecular flexibility index (Phi) is 3.28. The van der Waals surface area contributed by atoms with Crippen LogP contribution in [0.15, 0.2) is 0 Å². The average Bonchev–Trinajstić information content (AvgIpc) is 2.08. The molecule has 0 amide bonds. The number of aliphatic hydroxyl groups is 4. The topological polar surface area (TPSA) is 90.2 Å². The zero-order valence-electron chi connectivity index (χ0n) is 6.17. The molecule has 12 heavy (non-hydrogen) atoms. The van der Waals surface area contributed by atoms with Crippen molar-refractivity contribution in [2.24, 2.45) is 0 Å². The molecular formula is C6H11ClO5. The first kappa shape index (κ1) is 10.2. The Balaban J connectivity index is 2.63. The molecule has 0 aliphatic carbocycles. The van der Waals surface area contributed by atoms with Gasteiger partial charge in [-0.3, -0.25) is 0 Å². The smallest absolute Gasteiger partial charge is 0.184 e. The fourth-order valence-electron chi connectivity index (χ4n) is 1.06. The fraction of sp³-hybridized carbons (Fsp3) is 1.00. The van der Waals surface area contributed by atoms with E-state index >= 15 is 0 Å². The zero-order chi connectivity index (χ0) is 9.30. The van der Waals surface area contributed by atoms with Gasteiger partial charge in [-0.1, -0.05) is 0 Å². The van der Waals surface area contributed by atoms with Gasteiger partial charge in [-0.25, -0.2) is 0 Å². The SMILES string of the molecule is O[C@H]1[C@@H](O)[C@H](O)O[C@@H](CCl)[C@H]1O. The first-order valence-electron chi connectivity index (χ1n) is 3.51. The van der Waals surface area contributed by atoms with Crippen LogP contribution in [0.3, 0.4) is 0 Å². The third-order valence-electron chi connectivity index (χ3n) is 1.84. The number of ether oxygens (including phenoxy) is 1. The van der Waals surface area contributed by atoms with Gasteiger partial charge in [0.1, 0.15) is 24.4 Å². The maximum Gasteiger partial charge on any atom is 0.184 e. The third-order valence-corrected chi connectivity index (χ3v) is 2.14. The Morgan fingerprint density at radius 2 is 1.58 bits per heavy atom. The summed E-state index contributed by atoms with van der Waals surface area (Å²) in [5.74, 6) is -0.0536. The zero-order valence-corrected chi connectivity index (χ0v) is 6.92. The fourth-order valence-corrected chi connectivity index (χ4v) is 1.31. The monoisotopic (exact) mass is 198 g/mol. The lowest BCUT2D eigenvalue weighted by Gasteiger charge is -2.37. The summed E-state index contributed by atoms with van der Waals surface area (Å²) in [6, 6.07) is 0. The number of hydrogen-bond acceptors (Lipinski definition) is 5. The molecule has 72 valence electrons. The Hall–Kier alpha value is 0.0900. The highest BCUT2D eigenvalue weighted by atomic mass is 35.5. The van der Waals surface area contributed by atoms with Crippen LogP contribution in [0.25, 0.3) is 0 Å². The Morgan fingerprint density at radius 3 is 2.08 bits per heavy atom. The second-order valence-electron chi connectivity index (χ2n) is 2.69. The van der Waals surface area contributed by atoms with Crippen molar-refractivity contribution in [1.29, 1.82) is 0 Å². The minimum absolute atomic E-state index is 0.0536. The molecule has 0 radical (unpaired) electrons. The van der Waals surface area contributed by atoms with Crippen LogP contribution in [0, 0.1) is 0 Å². The summed E-state index contributed by atoms with van der Waals surface area (Å²) in [4.78, 5) is 0. The molecular weight excluding hydrogens is 188 g/mol. The highest BCUT2D eigenvalue weighted by Gasteiger charge is 2.42. The number of halogens is 1. The van der Waals surface area contributed by atoms with Gasteiger partial charge in [0, 0.05) is 0 Å². The lowest BCUT2D eigenvalue weighted by atomic mass is 10.0. The first-order valence-corrected chi connectivity index (χ1v) is 4.05. The second-order valence-corrected chi connectivity index (χ2v) is 3.00. The van der Waals surface area contributed by atoms with E-state index in [0.29, 0.717) is 0 Å². The number of alkyl halides is 1. The first-order chi connectivity index (χ1) is 5.57. The molecule has 0 bridgehead atoms. The van der Waals surface area contributed by atoms with Gasteiger partial charge in [-0.2, -0.15) is 0 Å². The third kappa shape index (κ3) is 1.71. The minimum atomic E-state index is -1.49. The largest absolute Gasteiger partial charge is 0.388 e. The van der Waals surface area contributed by atoms with Crippen LogP contribution in [0.1, 0.15) is 0 Å². The lowest BCUT2D eigenvalue weighted by molar-refractivity contribution is -0.276. The van der Waals surface area contributed by atoms with Crippen LogP contribution < -0.4 is 0 Å². The number of hydrogen-bond donors (Lipinski definition) is 4. The molecule has 5 atom stereocenters. The van der Waals surface area contributed by atoms with Crippen LogP contribution in [0.4, 0.5) is 0 Å². The highest BCUT2D eigenvalue weighted by Crippen LogP contribution is 2.20. The molecule has 4 N–H and O–H groups in total. The molecule has 5 nitrogen and oxygen atoms in total.